The molecule has 1 saturated heterocycles. The van der Waals surface area contributed by atoms with Gasteiger partial charge in [-0.2, -0.15) is 0 Å². The molecule has 1 heterocycles. The third kappa shape index (κ3) is 5.40. The Hall–Kier alpha value is -0.620. The van der Waals surface area contributed by atoms with Gasteiger partial charge in [0.25, 0.3) is 0 Å². The minimum atomic E-state index is -2.98. The molecule has 0 aromatic carbocycles. The van der Waals surface area contributed by atoms with E-state index in [9.17, 15) is 13.2 Å². The SMILES string of the molecule is CC(C)C(CCN)CCC(=O)NC1(C)CCS(=O)(=O)C1. The first-order chi connectivity index (χ1) is 9.17. The first kappa shape index (κ1) is 17.4. The summed E-state index contributed by atoms with van der Waals surface area (Å²) in [5.41, 5.74) is 5.00. The lowest BCUT2D eigenvalue weighted by Crippen LogP contribution is -2.47. The van der Waals surface area contributed by atoms with Gasteiger partial charge in [-0.25, -0.2) is 8.42 Å². The molecule has 1 amide bonds. The zero-order valence-electron chi connectivity index (χ0n) is 12.8. The van der Waals surface area contributed by atoms with Crippen LogP contribution in [0.2, 0.25) is 0 Å². The van der Waals surface area contributed by atoms with Crippen molar-refractivity contribution in [2.75, 3.05) is 18.1 Å². The zero-order chi connectivity index (χ0) is 15.4. The van der Waals surface area contributed by atoms with E-state index >= 15 is 0 Å². The molecule has 0 aromatic heterocycles. The Morgan fingerprint density at radius 3 is 2.45 bits per heavy atom. The Balaban J connectivity index is 2.44. The van der Waals surface area contributed by atoms with Crippen LogP contribution in [-0.2, 0) is 14.6 Å². The Morgan fingerprint density at radius 1 is 1.35 bits per heavy atom. The smallest absolute Gasteiger partial charge is 0.220 e. The molecule has 3 N–H and O–H groups in total. The van der Waals surface area contributed by atoms with E-state index in [4.69, 9.17) is 5.73 Å². The fraction of sp³-hybridized carbons (Fsp3) is 0.929. The van der Waals surface area contributed by atoms with Crippen molar-refractivity contribution in [3.05, 3.63) is 0 Å². The molecule has 1 aliphatic rings. The third-order valence-electron chi connectivity index (χ3n) is 4.17. The first-order valence-electron chi connectivity index (χ1n) is 7.39. The highest BCUT2D eigenvalue weighted by Crippen LogP contribution is 2.24. The Labute approximate surface area is 122 Å². The quantitative estimate of drug-likeness (QED) is 0.736. The van der Waals surface area contributed by atoms with Crippen molar-refractivity contribution < 1.29 is 13.2 Å². The Kier molecular flexibility index (Phi) is 6.01. The van der Waals surface area contributed by atoms with Crippen LogP contribution in [0.4, 0.5) is 0 Å². The Bertz CT molecular complexity index is 434. The molecule has 0 aliphatic carbocycles. The molecule has 0 bridgehead atoms. The maximum atomic E-state index is 12.0. The van der Waals surface area contributed by atoms with E-state index in [1.54, 1.807) is 0 Å². The third-order valence-corrected chi connectivity index (χ3v) is 6.07. The molecule has 2 unspecified atom stereocenters. The van der Waals surface area contributed by atoms with Gasteiger partial charge in [-0.05, 0) is 44.6 Å². The van der Waals surface area contributed by atoms with Gasteiger partial charge in [0.1, 0.15) is 0 Å². The molecule has 1 aliphatic heterocycles. The summed E-state index contributed by atoms with van der Waals surface area (Å²) in [5, 5.41) is 2.90. The van der Waals surface area contributed by atoms with Crippen molar-refractivity contribution in [3.8, 4) is 0 Å². The molecule has 118 valence electrons. The maximum absolute atomic E-state index is 12.0. The second-order valence-electron chi connectivity index (χ2n) is 6.57. The topological polar surface area (TPSA) is 89.3 Å². The van der Waals surface area contributed by atoms with Crippen molar-refractivity contribution in [2.45, 2.75) is 52.0 Å². The monoisotopic (exact) mass is 304 g/mol. The molecule has 2 atom stereocenters. The van der Waals surface area contributed by atoms with E-state index < -0.39 is 15.4 Å². The molecule has 5 nitrogen and oxygen atoms in total. The number of rotatable bonds is 7. The molecular weight excluding hydrogens is 276 g/mol. The van der Waals surface area contributed by atoms with Crippen molar-refractivity contribution in [2.24, 2.45) is 17.6 Å². The summed E-state index contributed by atoms with van der Waals surface area (Å²) in [6.07, 6.45) is 2.69. The number of amides is 1. The molecule has 0 spiro atoms. The minimum Gasteiger partial charge on any atom is -0.350 e. The van der Waals surface area contributed by atoms with Crippen LogP contribution in [-0.4, -0.2) is 37.9 Å². The van der Waals surface area contributed by atoms with Crippen LogP contribution in [0.3, 0.4) is 0 Å². The highest BCUT2D eigenvalue weighted by atomic mass is 32.2. The van der Waals surface area contributed by atoms with Crippen LogP contribution < -0.4 is 11.1 Å². The highest BCUT2D eigenvalue weighted by molar-refractivity contribution is 7.91. The first-order valence-corrected chi connectivity index (χ1v) is 9.21. The standard InChI is InChI=1S/C14H28N2O3S/c1-11(2)12(6-8-15)4-5-13(17)16-14(3)7-9-20(18,19)10-14/h11-12H,4-10,15H2,1-3H3,(H,16,17). The fourth-order valence-electron chi connectivity index (χ4n) is 2.85. The largest absolute Gasteiger partial charge is 0.350 e. The van der Waals surface area contributed by atoms with Gasteiger partial charge in [0, 0.05) is 6.42 Å². The van der Waals surface area contributed by atoms with E-state index in [1.165, 1.54) is 0 Å². The molecule has 20 heavy (non-hydrogen) atoms. The Morgan fingerprint density at radius 2 is 2.00 bits per heavy atom. The normalized spacial score (nSPS) is 26.6. The van der Waals surface area contributed by atoms with Crippen LogP contribution >= 0.6 is 0 Å². The lowest BCUT2D eigenvalue weighted by Gasteiger charge is -2.25. The number of hydrogen-bond donors (Lipinski definition) is 2. The fourth-order valence-corrected chi connectivity index (χ4v) is 4.94. The summed E-state index contributed by atoms with van der Waals surface area (Å²) in [6.45, 7) is 6.74. The molecule has 0 radical (unpaired) electrons. The van der Waals surface area contributed by atoms with E-state index in [-0.39, 0.29) is 17.4 Å². The van der Waals surface area contributed by atoms with Crippen LogP contribution in [0, 0.1) is 11.8 Å². The maximum Gasteiger partial charge on any atom is 0.220 e. The van der Waals surface area contributed by atoms with Gasteiger partial charge in [-0.3, -0.25) is 4.79 Å². The highest BCUT2D eigenvalue weighted by Gasteiger charge is 2.39. The molecule has 1 rings (SSSR count). The second kappa shape index (κ2) is 6.89. The van der Waals surface area contributed by atoms with Crippen molar-refractivity contribution in [3.63, 3.8) is 0 Å². The van der Waals surface area contributed by atoms with Gasteiger partial charge in [-0.1, -0.05) is 13.8 Å². The van der Waals surface area contributed by atoms with Gasteiger partial charge in [-0.15, -0.1) is 0 Å². The number of carbonyl (C=O) groups is 1. The zero-order valence-corrected chi connectivity index (χ0v) is 13.6. The molecule has 1 fully saturated rings. The molecule has 0 aromatic rings. The van der Waals surface area contributed by atoms with Gasteiger partial charge < -0.3 is 11.1 Å². The molecule has 6 heteroatoms. The van der Waals surface area contributed by atoms with E-state index in [1.807, 2.05) is 6.92 Å². The van der Waals surface area contributed by atoms with Crippen molar-refractivity contribution in [1.82, 2.24) is 5.32 Å². The van der Waals surface area contributed by atoms with E-state index in [2.05, 4.69) is 19.2 Å². The lowest BCUT2D eigenvalue weighted by molar-refractivity contribution is -0.123. The van der Waals surface area contributed by atoms with Gasteiger partial charge in [0.2, 0.25) is 5.91 Å². The summed E-state index contributed by atoms with van der Waals surface area (Å²) in [7, 11) is -2.98. The van der Waals surface area contributed by atoms with Gasteiger partial charge >= 0.3 is 0 Å². The van der Waals surface area contributed by atoms with Crippen molar-refractivity contribution in [1.29, 1.82) is 0 Å². The van der Waals surface area contributed by atoms with Crippen molar-refractivity contribution >= 4 is 15.7 Å². The van der Waals surface area contributed by atoms with E-state index in [0.29, 0.717) is 31.2 Å². The molecule has 0 saturated carbocycles. The minimum absolute atomic E-state index is 0.0488. The van der Waals surface area contributed by atoms with E-state index in [0.717, 1.165) is 12.8 Å². The average molecular weight is 304 g/mol. The predicted octanol–water partition coefficient (Wildman–Crippen LogP) is 1.08. The number of nitrogens with two attached hydrogens (primary N) is 1. The second-order valence-corrected chi connectivity index (χ2v) is 8.76. The summed E-state index contributed by atoms with van der Waals surface area (Å²) in [4.78, 5) is 12.0. The van der Waals surface area contributed by atoms with Gasteiger partial charge in [0.05, 0.1) is 17.0 Å². The average Bonchev–Trinajstić information content (AvgIpc) is 2.58. The number of hydrogen-bond acceptors (Lipinski definition) is 4. The van der Waals surface area contributed by atoms with Crippen LogP contribution in [0.5, 0.6) is 0 Å². The number of sulfone groups is 1. The van der Waals surface area contributed by atoms with Crippen LogP contribution in [0.1, 0.15) is 46.5 Å². The summed E-state index contributed by atoms with van der Waals surface area (Å²) in [6, 6.07) is 0. The lowest BCUT2D eigenvalue weighted by atomic mass is 9.88. The molecular formula is C14H28N2O3S. The number of carbonyl (C=O) groups excluding carboxylic acids is 1. The summed E-state index contributed by atoms with van der Waals surface area (Å²) < 4.78 is 23.0. The summed E-state index contributed by atoms with van der Waals surface area (Å²) >= 11 is 0. The van der Waals surface area contributed by atoms with Crippen LogP contribution in [0.15, 0.2) is 0 Å². The summed E-state index contributed by atoms with van der Waals surface area (Å²) in [5.74, 6) is 1.14. The van der Waals surface area contributed by atoms with Crippen LogP contribution in [0.25, 0.3) is 0 Å². The predicted molar refractivity (Wildman–Crippen MR) is 81.1 cm³/mol. The number of nitrogens with one attached hydrogen (secondary N) is 1. The van der Waals surface area contributed by atoms with Gasteiger partial charge in [0.15, 0.2) is 9.84 Å².